The predicted octanol–water partition coefficient (Wildman–Crippen LogP) is 2.09. The van der Waals surface area contributed by atoms with Crippen LogP contribution in [0, 0.1) is 0 Å². The smallest absolute Gasteiger partial charge is 0.0232 e. The summed E-state index contributed by atoms with van der Waals surface area (Å²) in [6, 6.07) is 21.9. The van der Waals surface area contributed by atoms with Gasteiger partial charge < -0.3 is 22.1 Å². The highest BCUT2D eigenvalue weighted by Crippen LogP contribution is 2.04. The Balaban J connectivity index is 1.75. The van der Waals surface area contributed by atoms with Crippen molar-refractivity contribution in [3.8, 4) is 0 Å². The number of nitrogens with one attached hydrogen (secondary N) is 2. The van der Waals surface area contributed by atoms with Crippen molar-refractivity contribution >= 4 is 0 Å². The molecule has 0 aromatic heterocycles. The molecule has 0 radical (unpaired) electrons. The lowest BCUT2D eigenvalue weighted by atomic mass is 10.1. The average Bonchev–Trinajstić information content (AvgIpc) is 2.69. The monoisotopic (exact) mass is 354 g/mol. The predicted molar refractivity (Wildman–Crippen MR) is 111 cm³/mol. The second-order valence-corrected chi connectivity index (χ2v) is 6.92. The van der Waals surface area contributed by atoms with Crippen molar-refractivity contribution in [2.75, 3.05) is 26.2 Å². The molecule has 1 unspecified atom stereocenters. The molecule has 0 bridgehead atoms. The van der Waals surface area contributed by atoms with Crippen molar-refractivity contribution in [2.45, 2.75) is 37.8 Å². The van der Waals surface area contributed by atoms with Crippen LogP contribution in [0.15, 0.2) is 60.7 Å². The Hall–Kier alpha value is -1.72. The molecule has 2 atom stereocenters. The van der Waals surface area contributed by atoms with E-state index in [1.165, 1.54) is 11.1 Å². The Morgan fingerprint density at radius 1 is 0.846 bits per heavy atom. The van der Waals surface area contributed by atoms with Crippen LogP contribution in [0.1, 0.15) is 24.0 Å². The second kappa shape index (κ2) is 12.6. The summed E-state index contributed by atoms with van der Waals surface area (Å²) in [5.74, 6) is 0. The van der Waals surface area contributed by atoms with E-state index in [1.807, 2.05) is 0 Å². The molecule has 0 heterocycles. The molecule has 0 aliphatic rings. The van der Waals surface area contributed by atoms with Crippen LogP contribution in [0.3, 0.4) is 0 Å². The molecular formula is C22H34N4. The zero-order valence-corrected chi connectivity index (χ0v) is 15.7. The summed E-state index contributed by atoms with van der Waals surface area (Å²) < 4.78 is 0. The molecule has 0 saturated carbocycles. The van der Waals surface area contributed by atoms with Crippen molar-refractivity contribution < 1.29 is 0 Å². The summed E-state index contributed by atoms with van der Waals surface area (Å²) in [4.78, 5) is 0. The molecule has 0 aliphatic heterocycles. The van der Waals surface area contributed by atoms with E-state index in [9.17, 15) is 0 Å². The molecule has 2 aromatic rings. The van der Waals surface area contributed by atoms with E-state index >= 15 is 0 Å². The first kappa shape index (κ1) is 20.6. The number of rotatable bonds is 13. The lowest BCUT2D eigenvalue weighted by molar-refractivity contribution is 0.462. The molecule has 0 saturated heterocycles. The maximum absolute atomic E-state index is 5.87. The summed E-state index contributed by atoms with van der Waals surface area (Å²) in [5.41, 5.74) is 14.2. The van der Waals surface area contributed by atoms with Crippen molar-refractivity contribution in [2.24, 2.45) is 11.5 Å². The fourth-order valence-corrected chi connectivity index (χ4v) is 3.06. The highest BCUT2D eigenvalue weighted by molar-refractivity contribution is 5.17. The average molecular weight is 355 g/mol. The summed E-state index contributed by atoms with van der Waals surface area (Å²) in [6.45, 7) is 3.50. The molecule has 2 rings (SSSR count). The molecule has 0 fully saturated rings. The van der Waals surface area contributed by atoms with Gasteiger partial charge in [0, 0.05) is 25.2 Å². The molecule has 142 valence electrons. The quantitative estimate of drug-likeness (QED) is 0.416. The zero-order chi connectivity index (χ0) is 18.5. The van der Waals surface area contributed by atoms with E-state index in [2.05, 4.69) is 71.3 Å². The fraction of sp³-hybridized carbons (Fsp3) is 0.455. The van der Waals surface area contributed by atoms with E-state index < -0.39 is 0 Å². The molecule has 2 aromatic carbocycles. The Bertz CT molecular complexity index is 573. The third-order valence-electron chi connectivity index (χ3n) is 4.64. The largest absolute Gasteiger partial charge is 0.329 e. The normalized spacial score (nSPS) is 13.5. The van der Waals surface area contributed by atoms with Gasteiger partial charge >= 0.3 is 0 Å². The fourth-order valence-electron chi connectivity index (χ4n) is 3.06. The first-order chi connectivity index (χ1) is 12.8. The summed E-state index contributed by atoms with van der Waals surface area (Å²) in [5, 5.41) is 7.30. The van der Waals surface area contributed by atoms with Gasteiger partial charge in [-0.1, -0.05) is 60.7 Å². The summed E-state index contributed by atoms with van der Waals surface area (Å²) in [6.07, 6.45) is 4.14. The minimum absolute atomic E-state index is 0.126. The Morgan fingerprint density at radius 3 is 2.15 bits per heavy atom. The van der Waals surface area contributed by atoms with E-state index in [1.54, 1.807) is 0 Å². The first-order valence-corrected chi connectivity index (χ1v) is 9.75. The maximum atomic E-state index is 5.87. The van der Waals surface area contributed by atoms with E-state index in [0.717, 1.165) is 45.3 Å². The highest BCUT2D eigenvalue weighted by Gasteiger charge is 2.09. The van der Waals surface area contributed by atoms with Gasteiger partial charge in [0.1, 0.15) is 0 Å². The topological polar surface area (TPSA) is 76.1 Å². The van der Waals surface area contributed by atoms with E-state index in [4.69, 9.17) is 11.5 Å². The van der Waals surface area contributed by atoms with Crippen LogP contribution in [0.4, 0.5) is 0 Å². The van der Waals surface area contributed by atoms with Gasteiger partial charge in [0.15, 0.2) is 0 Å². The van der Waals surface area contributed by atoms with Crippen LogP contribution >= 0.6 is 0 Å². The summed E-state index contributed by atoms with van der Waals surface area (Å²) >= 11 is 0. The minimum atomic E-state index is 0.126. The van der Waals surface area contributed by atoms with Crippen LogP contribution in [0.5, 0.6) is 0 Å². The van der Waals surface area contributed by atoms with Crippen LogP contribution in [0.25, 0.3) is 0 Å². The zero-order valence-electron chi connectivity index (χ0n) is 15.7. The lowest BCUT2D eigenvalue weighted by Gasteiger charge is -2.20. The molecule has 4 heteroatoms. The van der Waals surface area contributed by atoms with Crippen LogP contribution in [0.2, 0.25) is 0 Å². The number of nitrogens with two attached hydrogens (primary N) is 2. The van der Waals surface area contributed by atoms with Gasteiger partial charge in [0.2, 0.25) is 0 Å². The standard InChI is InChI=1S/C22H34N4/c23-17-21(24)12-7-14-25-18-22(16-20-10-5-2-6-11-20)26-15-13-19-8-3-1-4-9-19/h1-6,8-11,21-22,25-26H,7,12-18,23-24H2/t21?,22-/m0/s1. The van der Waals surface area contributed by atoms with E-state index in [-0.39, 0.29) is 6.04 Å². The number of hydrogen-bond acceptors (Lipinski definition) is 4. The summed E-state index contributed by atoms with van der Waals surface area (Å²) in [7, 11) is 0. The lowest BCUT2D eigenvalue weighted by Crippen LogP contribution is -2.41. The molecule has 0 spiro atoms. The molecule has 0 aliphatic carbocycles. The van der Waals surface area contributed by atoms with Gasteiger partial charge in [-0.25, -0.2) is 0 Å². The third-order valence-corrected chi connectivity index (χ3v) is 4.64. The molecule has 26 heavy (non-hydrogen) atoms. The van der Waals surface area contributed by atoms with Gasteiger partial charge in [-0.05, 0) is 49.9 Å². The minimum Gasteiger partial charge on any atom is -0.329 e. The Kier molecular flexibility index (Phi) is 9.98. The SMILES string of the molecule is NCC(N)CCCNC[C@H](Cc1ccccc1)NCCc1ccccc1. The van der Waals surface area contributed by atoms with Crippen molar-refractivity contribution in [1.82, 2.24) is 10.6 Å². The van der Waals surface area contributed by atoms with Crippen molar-refractivity contribution in [3.63, 3.8) is 0 Å². The van der Waals surface area contributed by atoms with Gasteiger partial charge in [-0.15, -0.1) is 0 Å². The van der Waals surface area contributed by atoms with Gasteiger partial charge in [-0.2, -0.15) is 0 Å². The van der Waals surface area contributed by atoms with Crippen LogP contribution in [-0.4, -0.2) is 38.3 Å². The van der Waals surface area contributed by atoms with Gasteiger partial charge in [0.05, 0.1) is 0 Å². The highest BCUT2D eigenvalue weighted by atomic mass is 15.0. The Labute approximate surface area is 158 Å². The number of benzene rings is 2. The van der Waals surface area contributed by atoms with Gasteiger partial charge in [0.25, 0.3) is 0 Å². The van der Waals surface area contributed by atoms with Crippen LogP contribution < -0.4 is 22.1 Å². The number of hydrogen-bond donors (Lipinski definition) is 4. The van der Waals surface area contributed by atoms with Crippen molar-refractivity contribution in [3.05, 3.63) is 71.8 Å². The van der Waals surface area contributed by atoms with Gasteiger partial charge in [-0.3, -0.25) is 0 Å². The van der Waals surface area contributed by atoms with Crippen LogP contribution in [-0.2, 0) is 12.8 Å². The molecule has 6 N–H and O–H groups in total. The molecular weight excluding hydrogens is 320 g/mol. The van der Waals surface area contributed by atoms with E-state index in [0.29, 0.717) is 12.6 Å². The molecule has 0 amide bonds. The third kappa shape index (κ3) is 8.59. The Morgan fingerprint density at radius 2 is 1.50 bits per heavy atom. The maximum Gasteiger partial charge on any atom is 0.0232 e. The first-order valence-electron chi connectivity index (χ1n) is 9.75. The molecule has 4 nitrogen and oxygen atoms in total. The second-order valence-electron chi connectivity index (χ2n) is 6.92. The van der Waals surface area contributed by atoms with Crippen molar-refractivity contribution in [1.29, 1.82) is 0 Å².